The topological polar surface area (TPSA) is 117 Å². The third-order valence-electron chi connectivity index (χ3n) is 5.97. The molecular formula is C26H38N3O5+. The molecule has 0 bridgehead atoms. The quantitative estimate of drug-likeness (QED) is 0.139. The number of nitrogens with zero attached hydrogens (tertiary/aromatic N) is 2. The number of unbranched alkanes of at least 4 members (excludes halogenated alkanes) is 8. The van der Waals surface area contributed by atoms with Crippen LogP contribution < -0.4 is 9.88 Å². The fourth-order valence-corrected chi connectivity index (χ4v) is 3.93. The highest BCUT2D eigenvalue weighted by molar-refractivity contribution is 5.76. The molecular weight excluding hydrogens is 434 g/mol. The number of non-ortho nitro benzene ring substituents is 1. The molecule has 1 aromatic heterocycles. The molecule has 0 spiro atoms. The number of aromatic nitrogens is 1. The van der Waals surface area contributed by atoms with Gasteiger partial charge in [0.25, 0.3) is 5.69 Å². The van der Waals surface area contributed by atoms with Gasteiger partial charge < -0.3 is 15.5 Å². The molecule has 1 heterocycles. The minimum absolute atomic E-state index is 0.0808. The zero-order valence-electron chi connectivity index (χ0n) is 19.8. The Hall–Kier alpha value is -2.84. The molecule has 2 atom stereocenters. The van der Waals surface area contributed by atoms with E-state index in [9.17, 15) is 25.1 Å². The summed E-state index contributed by atoms with van der Waals surface area (Å²) >= 11 is 0. The van der Waals surface area contributed by atoms with E-state index in [4.69, 9.17) is 0 Å². The Bertz CT molecular complexity index is 845. The van der Waals surface area contributed by atoms with Gasteiger partial charge in [0.05, 0.1) is 17.6 Å². The number of aliphatic hydroxyl groups is 2. The smallest absolute Gasteiger partial charge is 0.269 e. The number of pyridine rings is 1. The van der Waals surface area contributed by atoms with Crippen molar-refractivity contribution in [2.75, 3.05) is 6.61 Å². The first-order valence-electron chi connectivity index (χ1n) is 12.3. The summed E-state index contributed by atoms with van der Waals surface area (Å²) in [7, 11) is 0. The van der Waals surface area contributed by atoms with Crippen LogP contribution in [0.2, 0.25) is 0 Å². The van der Waals surface area contributed by atoms with Crippen LogP contribution in [0.15, 0.2) is 54.9 Å². The normalized spacial score (nSPS) is 12.8. The van der Waals surface area contributed by atoms with E-state index >= 15 is 0 Å². The lowest BCUT2D eigenvalue weighted by molar-refractivity contribution is -0.697. The first-order chi connectivity index (χ1) is 16.5. The minimum Gasteiger partial charge on any atom is -0.394 e. The summed E-state index contributed by atoms with van der Waals surface area (Å²) < 4.78 is 2.22. The number of carbonyl (C=O) groups is 1. The number of aryl methyl sites for hydroxylation is 1. The molecule has 0 unspecified atom stereocenters. The molecule has 0 aliphatic carbocycles. The molecule has 0 saturated carbocycles. The Morgan fingerprint density at radius 1 is 0.912 bits per heavy atom. The number of rotatable bonds is 17. The second-order valence-corrected chi connectivity index (χ2v) is 8.70. The third-order valence-corrected chi connectivity index (χ3v) is 5.97. The van der Waals surface area contributed by atoms with Crippen molar-refractivity contribution >= 4 is 11.6 Å². The highest BCUT2D eigenvalue weighted by Crippen LogP contribution is 2.20. The van der Waals surface area contributed by atoms with Gasteiger partial charge in [-0.25, -0.2) is 4.57 Å². The number of nitro benzene ring substituents is 1. The number of hydrogen-bond acceptors (Lipinski definition) is 5. The van der Waals surface area contributed by atoms with Crippen molar-refractivity contribution in [3.8, 4) is 0 Å². The van der Waals surface area contributed by atoms with Gasteiger partial charge in [0.2, 0.25) is 5.91 Å². The van der Waals surface area contributed by atoms with Crippen molar-refractivity contribution in [2.45, 2.75) is 82.9 Å². The van der Waals surface area contributed by atoms with Crippen molar-refractivity contribution in [3.05, 3.63) is 70.5 Å². The van der Waals surface area contributed by atoms with Crippen LogP contribution >= 0.6 is 0 Å². The molecule has 0 radical (unpaired) electrons. The molecule has 8 heteroatoms. The van der Waals surface area contributed by atoms with E-state index in [2.05, 4.69) is 34.4 Å². The van der Waals surface area contributed by atoms with Crippen molar-refractivity contribution in [2.24, 2.45) is 0 Å². The van der Waals surface area contributed by atoms with Crippen LogP contribution in [0, 0.1) is 10.1 Å². The van der Waals surface area contributed by atoms with E-state index in [0.717, 1.165) is 25.8 Å². The molecule has 8 nitrogen and oxygen atoms in total. The van der Waals surface area contributed by atoms with E-state index in [-0.39, 0.29) is 11.6 Å². The zero-order chi connectivity index (χ0) is 24.6. The highest BCUT2D eigenvalue weighted by atomic mass is 16.6. The van der Waals surface area contributed by atoms with Gasteiger partial charge in [0.15, 0.2) is 12.4 Å². The number of nitrogens with one attached hydrogen (secondary N) is 1. The van der Waals surface area contributed by atoms with Crippen LogP contribution in [0.5, 0.6) is 0 Å². The number of amides is 1. The maximum Gasteiger partial charge on any atom is 0.269 e. The molecule has 2 rings (SSSR count). The molecule has 0 aliphatic heterocycles. The predicted molar refractivity (Wildman–Crippen MR) is 130 cm³/mol. The van der Waals surface area contributed by atoms with Crippen LogP contribution in [0.3, 0.4) is 0 Å². The maximum atomic E-state index is 12.2. The van der Waals surface area contributed by atoms with Crippen molar-refractivity contribution < 1.29 is 24.5 Å². The van der Waals surface area contributed by atoms with Gasteiger partial charge in [0.1, 0.15) is 12.6 Å². The first-order valence-corrected chi connectivity index (χ1v) is 12.3. The zero-order valence-corrected chi connectivity index (χ0v) is 19.8. The molecule has 0 aliphatic rings. The summed E-state index contributed by atoms with van der Waals surface area (Å²) in [6.45, 7) is 0.652. The number of aliphatic hydroxyl groups excluding tert-OH is 2. The standard InChI is InChI=1S/C26H37N3O5/c30-21-24(26(32)22-14-16-23(17-15-22)29(33)34)27-25(31)13-9-6-4-2-1-3-5-7-10-18-28-19-11-8-12-20-28/h8,11-12,14-17,19-20,24,26,30,32H,1-7,9-10,13,18,21H2/p+1/t24-,26+/m0/s1. The second-order valence-electron chi connectivity index (χ2n) is 8.70. The van der Waals surface area contributed by atoms with Crippen molar-refractivity contribution in [3.63, 3.8) is 0 Å². The number of nitro groups is 1. The summed E-state index contributed by atoms with van der Waals surface area (Å²) in [6.07, 6.45) is 13.6. The Labute approximate surface area is 201 Å². The largest absolute Gasteiger partial charge is 0.394 e. The molecule has 186 valence electrons. The average molecular weight is 473 g/mol. The van der Waals surface area contributed by atoms with Gasteiger partial charge in [-0.3, -0.25) is 14.9 Å². The van der Waals surface area contributed by atoms with E-state index in [1.165, 1.54) is 62.8 Å². The van der Waals surface area contributed by atoms with E-state index < -0.39 is 23.7 Å². The van der Waals surface area contributed by atoms with Gasteiger partial charge in [-0.15, -0.1) is 0 Å². The maximum absolute atomic E-state index is 12.2. The van der Waals surface area contributed by atoms with Gasteiger partial charge in [-0.1, -0.05) is 44.6 Å². The Kier molecular flexibility index (Phi) is 12.8. The lowest BCUT2D eigenvalue weighted by atomic mass is 10.0. The van der Waals surface area contributed by atoms with Gasteiger partial charge in [-0.05, 0) is 30.5 Å². The molecule has 34 heavy (non-hydrogen) atoms. The van der Waals surface area contributed by atoms with Gasteiger partial charge in [0, 0.05) is 37.1 Å². The Balaban J connectivity index is 1.51. The SMILES string of the molecule is O=C(CCCCCCCCCCC[n+]1ccccc1)N[C@@H](CO)[C@H](O)c1ccc([N+](=O)[O-])cc1. The lowest BCUT2D eigenvalue weighted by Gasteiger charge is -2.22. The van der Waals surface area contributed by atoms with Crippen LogP contribution in [0.1, 0.15) is 75.9 Å². The first kappa shape index (κ1) is 27.4. The molecule has 1 amide bonds. The van der Waals surface area contributed by atoms with E-state index in [1.807, 2.05) is 6.07 Å². The lowest BCUT2D eigenvalue weighted by Crippen LogP contribution is -2.41. The Morgan fingerprint density at radius 2 is 1.47 bits per heavy atom. The van der Waals surface area contributed by atoms with Gasteiger partial charge in [-0.2, -0.15) is 0 Å². The fourth-order valence-electron chi connectivity index (χ4n) is 3.93. The summed E-state index contributed by atoms with van der Waals surface area (Å²) in [5, 5.41) is 33.4. The van der Waals surface area contributed by atoms with E-state index in [0.29, 0.717) is 12.0 Å². The number of hydrogen-bond donors (Lipinski definition) is 3. The summed E-state index contributed by atoms with van der Waals surface area (Å²) in [4.78, 5) is 22.4. The van der Waals surface area contributed by atoms with E-state index in [1.54, 1.807) is 0 Å². The summed E-state index contributed by atoms with van der Waals surface area (Å²) in [6, 6.07) is 10.7. The molecule has 0 fully saturated rings. The third kappa shape index (κ3) is 10.4. The van der Waals surface area contributed by atoms with Crippen LogP contribution in [0.4, 0.5) is 5.69 Å². The van der Waals surface area contributed by atoms with Gasteiger partial charge >= 0.3 is 0 Å². The summed E-state index contributed by atoms with van der Waals surface area (Å²) in [5.41, 5.74) is 0.325. The van der Waals surface area contributed by atoms with Crippen LogP contribution in [-0.2, 0) is 11.3 Å². The van der Waals surface area contributed by atoms with Crippen LogP contribution in [-0.4, -0.2) is 33.7 Å². The molecule has 1 aromatic carbocycles. The van der Waals surface area contributed by atoms with Crippen molar-refractivity contribution in [1.29, 1.82) is 0 Å². The molecule has 3 N–H and O–H groups in total. The van der Waals surface area contributed by atoms with Crippen molar-refractivity contribution in [1.82, 2.24) is 5.32 Å². The molecule has 2 aromatic rings. The number of carbonyl (C=O) groups excluding carboxylic acids is 1. The van der Waals surface area contributed by atoms with Crippen LogP contribution in [0.25, 0.3) is 0 Å². The average Bonchev–Trinajstić information content (AvgIpc) is 2.86. The monoisotopic (exact) mass is 472 g/mol. The predicted octanol–water partition coefficient (Wildman–Crippen LogP) is 3.99. The summed E-state index contributed by atoms with van der Waals surface area (Å²) in [5.74, 6) is -0.212. The Morgan fingerprint density at radius 3 is 2.03 bits per heavy atom. The second kappa shape index (κ2) is 15.9. The fraction of sp³-hybridized carbons (Fsp3) is 0.538. The minimum atomic E-state index is -1.14. The highest BCUT2D eigenvalue weighted by Gasteiger charge is 2.22. The number of benzene rings is 1. The molecule has 0 saturated heterocycles.